The molecule has 0 atom stereocenters. The van der Waals surface area contributed by atoms with E-state index in [4.69, 9.17) is 0 Å². The number of likely N-dealkylation sites (N-methyl/N-ethyl adjacent to an activating group) is 2. The lowest BCUT2D eigenvalue weighted by molar-refractivity contribution is -0.129. The summed E-state index contributed by atoms with van der Waals surface area (Å²) in [5.41, 5.74) is 1.10. The molecule has 1 amide bonds. The standard InChI is InChI=1S/C14H22N2O/c1-5-16(13-9-7-6-8-10-13)11-14(17)15(4)12(2)3/h6-10,12H,5,11H2,1-4H3. The molecule has 0 bridgehead atoms. The molecule has 1 rings (SSSR count). The molecule has 0 radical (unpaired) electrons. The lowest BCUT2D eigenvalue weighted by atomic mass is 10.2. The van der Waals surface area contributed by atoms with Gasteiger partial charge in [-0.3, -0.25) is 4.79 Å². The molecule has 3 nitrogen and oxygen atoms in total. The van der Waals surface area contributed by atoms with Gasteiger partial charge >= 0.3 is 0 Å². The molecular weight excluding hydrogens is 212 g/mol. The van der Waals surface area contributed by atoms with Gasteiger partial charge in [-0.15, -0.1) is 0 Å². The molecule has 0 unspecified atom stereocenters. The van der Waals surface area contributed by atoms with Crippen molar-refractivity contribution in [3.8, 4) is 0 Å². The Morgan fingerprint density at radius 2 is 1.82 bits per heavy atom. The van der Waals surface area contributed by atoms with Crippen molar-refractivity contribution >= 4 is 11.6 Å². The topological polar surface area (TPSA) is 23.6 Å². The average molecular weight is 234 g/mol. The Balaban J connectivity index is 2.68. The molecule has 0 aromatic heterocycles. The molecule has 17 heavy (non-hydrogen) atoms. The van der Waals surface area contributed by atoms with E-state index >= 15 is 0 Å². The maximum absolute atomic E-state index is 12.0. The Kier molecular flexibility index (Phi) is 5.01. The summed E-state index contributed by atoms with van der Waals surface area (Å²) in [4.78, 5) is 15.9. The number of hydrogen-bond acceptors (Lipinski definition) is 2. The van der Waals surface area contributed by atoms with Gasteiger partial charge in [0.15, 0.2) is 0 Å². The van der Waals surface area contributed by atoms with E-state index in [0.717, 1.165) is 12.2 Å². The Morgan fingerprint density at radius 3 is 2.29 bits per heavy atom. The fraction of sp³-hybridized carbons (Fsp3) is 0.500. The molecule has 0 fully saturated rings. The average Bonchev–Trinajstić information content (AvgIpc) is 2.35. The van der Waals surface area contributed by atoms with E-state index in [1.54, 1.807) is 4.90 Å². The van der Waals surface area contributed by atoms with Crippen molar-refractivity contribution in [3.63, 3.8) is 0 Å². The van der Waals surface area contributed by atoms with Gasteiger partial charge in [-0.25, -0.2) is 0 Å². The van der Waals surface area contributed by atoms with Crippen LogP contribution in [-0.2, 0) is 4.79 Å². The number of hydrogen-bond donors (Lipinski definition) is 0. The van der Waals surface area contributed by atoms with Crippen LogP contribution in [0.1, 0.15) is 20.8 Å². The summed E-state index contributed by atoms with van der Waals surface area (Å²) in [6, 6.07) is 10.3. The molecular formula is C14H22N2O. The van der Waals surface area contributed by atoms with Gasteiger partial charge in [-0.05, 0) is 32.9 Å². The van der Waals surface area contributed by atoms with Crippen molar-refractivity contribution < 1.29 is 4.79 Å². The van der Waals surface area contributed by atoms with Gasteiger partial charge in [0.05, 0.1) is 6.54 Å². The van der Waals surface area contributed by atoms with Crippen LogP contribution in [0.5, 0.6) is 0 Å². The van der Waals surface area contributed by atoms with E-state index in [-0.39, 0.29) is 11.9 Å². The van der Waals surface area contributed by atoms with Gasteiger partial charge in [0.1, 0.15) is 0 Å². The Morgan fingerprint density at radius 1 is 1.24 bits per heavy atom. The number of benzene rings is 1. The van der Waals surface area contributed by atoms with Crippen LogP contribution in [-0.4, -0.2) is 37.0 Å². The van der Waals surface area contributed by atoms with Gasteiger partial charge < -0.3 is 9.80 Å². The summed E-state index contributed by atoms with van der Waals surface area (Å²) >= 11 is 0. The first-order valence-electron chi connectivity index (χ1n) is 6.12. The monoisotopic (exact) mass is 234 g/mol. The Labute approximate surface area is 104 Å². The van der Waals surface area contributed by atoms with Crippen molar-refractivity contribution in [1.82, 2.24) is 4.90 Å². The highest BCUT2D eigenvalue weighted by atomic mass is 16.2. The highest BCUT2D eigenvalue weighted by molar-refractivity contribution is 5.81. The van der Waals surface area contributed by atoms with Crippen LogP contribution >= 0.6 is 0 Å². The van der Waals surface area contributed by atoms with Crippen LogP contribution in [0.15, 0.2) is 30.3 Å². The second kappa shape index (κ2) is 6.28. The van der Waals surface area contributed by atoms with Crippen LogP contribution in [0.3, 0.4) is 0 Å². The van der Waals surface area contributed by atoms with Gasteiger partial charge in [0.25, 0.3) is 0 Å². The maximum atomic E-state index is 12.0. The third-order valence-electron chi connectivity index (χ3n) is 3.00. The van der Waals surface area contributed by atoms with Gasteiger partial charge in [-0.1, -0.05) is 18.2 Å². The largest absolute Gasteiger partial charge is 0.362 e. The molecule has 0 aliphatic carbocycles. The molecule has 0 saturated heterocycles. The normalized spacial score (nSPS) is 10.4. The van der Waals surface area contributed by atoms with Crippen molar-refractivity contribution in [1.29, 1.82) is 0 Å². The zero-order chi connectivity index (χ0) is 12.8. The lowest BCUT2D eigenvalue weighted by Gasteiger charge is -2.27. The second-order valence-corrected chi connectivity index (χ2v) is 4.45. The molecule has 1 aromatic rings. The fourth-order valence-corrected chi connectivity index (χ4v) is 1.59. The SMILES string of the molecule is CCN(CC(=O)N(C)C(C)C)c1ccccc1. The van der Waals surface area contributed by atoms with Crippen LogP contribution < -0.4 is 4.90 Å². The van der Waals surface area contributed by atoms with Crippen molar-refractivity contribution in [3.05, 3.63) is 30.3 Å². The number of carbonyl (C=O) groups is 1. The second-order valence-electron chi connectivity index (χ2n) is 4.45. The molecule has 0 N–H and O–H groups in total. The molecule has 1 aromatic carbocycles. The first-order chi connectivity index (χ1) is 8.06. The molecule has 0 saturated carbocycles. The third kappa shape index (κ3) is 3.77. The summed E-state index contributed by atoms with van der Waals surface area (Å²) in [6.45, 7) is 7.39. The van der Waals surface area contributed by atoms with E-state index in [9.17, 15) is 4.79 Å². The quantitative estimate of drug-likeness (QED) is 0.781. The van der Waals surface area contributed by atoms with Crippen molar-refractivity contribution in [2.75, 3.05) is 25.0 Å². The first kappa shape index (κ1) is 13.6. The third-order valence-corrected chi connectivity index (χ3v) is 3.00. The maximum Gasteiger partial charge on any atom is 0.242 e. The summed E-state index contributed by atoms with van der Waals surface area (Å²) in [7, 11) is 1.85. The molecule has 0 spiro atoms. The predicted molar refractivity (Wildman–Crippen MR) is 72.2 cm³/mol. The van der Waals surface area contributed by atoms with Crippen molar-refractivity contribution in [2.45, 2.75) is 26.8 Å². The fourth-order valence-electron chi connectivity index (χ4n) is 1.59. The highest BCUT2D eigenvalue weighted by Crippen LogP contribution is 2.12. The van der Waals surface area contributed by atoms with E-state index in [1.165, 1.54) is 0 Å². The van der Waals surface area contributed by atoms with Crippen LogP contribution in [0.25, 0.3) is 0 Å². The zero-order valence-electron chi connectivity index (χ0n) is 11.2. The summed E-state index contributed by atoms with van der Waals surface area (Å²) in [5.74, 6) is 0.158. The smallest absolute Gasteiger partial charge is 0.242 e. The Hall–Kier alpha value is -1.51. The first-order valence-corrected chi connectivity index (χ1v) is 6.12. The number of carbonyl (C=O) groups excluding carboxylic acids is 1. The minimum atomic E-state index is 0.158. The highest BCUT2D eigenvalue weighted by Gasteiger charge is 2.15. The van der Waals surface area contributed by atoms with E-state index < -0.39 is 0 Å². The predicted octanol–water partition coefficient (Wildman–Crippen LogP) is 2.38. The summed E-state index contributed by atoms with van der Waals surface area (Å²) in [5, 5.41) is 0. The van der Waals surface area contributed by atoms with Gasteiger partial charge in [-0.2, -0.15) is 0 Å². The summed E-state index contributed by atoms with van der Waals surface area (Å²) in [6.07, 6.45) is 0. The molecule has 3 heteroatoms. The van der Waals surface area contributed by atoms with Crippen LogP contribution in [0.4, 0.5) is 5.69 Å². The minimum absolute atomic E-state index is 0.158. The number of rotatable bonds is 5. The van der Waals surface area contributed by atoms with Crippen LogP contribution in [0, 0.1) is 0 Å². The van der Waals surface area contributed by atoms with E-state index in [0.29, 0.717) is 6.54 Å². The molecule has 0 aliphatic heterocycles. The number of anilines is 1. The molecule has 94 valence electrons. The lowest BCUT2D eigenvalue weighted by Crippen LogP contribution is -2.41. The number of para-hydroxylation sites is 1. The molecule has 0 heterocycles. The minimum Gasteiger partial charge on any atom is -0.362 e. The number of nitrogens with zero attached hydrogens (tertiary/aromatic N) is 2. The molecule has 0 aliphatic rings. The van der Waals surface area contributed by atoms with E-state index in [1.807, 2.05) is 51.2 Å². The van der Waals surface area contributed by atoms with Gasteiger partial charge in [0, 0.05) is 25.3 Å². The summed E-state index contributed by atoms with van der Waals surface area (Å²) < 4.78 is 0. The zero-order valence-corrected chi connectivity index (χ0v) is 11.2. The number of amides is 1. The van der Waals surface area contributed by atoms with Gasteiger partial charge in [0.2, 0.25) is 5.91 Å². The van der Waals surface area contributed by atoms with E-state index in [2.05, 4.69) is 11.8 Å². The Bertz CT molecular complexity index is 348. The van der Waals surface area contributed by atoms with Crippen LogP contribution in [0.2, 0.25) is 0 Å². The van der Waals surface area contributed by atoms with Crippen molar-refractivity contribution in [2.24, 2.45) is 0 Å².